The van der Waals surface area contributed by atoms with Crippen molar-refractivity contribution in [3.05, 3.63) is 0 Å². The molecule has 0 rings (SSSR count). The number of esters is 1. The lowest BCUT2D eigenvalue weighted by molar-refractivity contribution is -0.143. The largest absolute Gasteiger partial charge is 0.466 e. The summed E-state index contributed by atoms with van der Waals surface area (Å²) < 4.78 is 10.0. The highest BCUT2D eigenvalue weighted by molar-refractivity contribution is 7.98. The van der Waals surface area contributed by atoms with Crippen molar-refractivity contribution in [1.82, 2.24) is 10.6 Å². The molecule has 0 saturated carbocycles. The van der Waals surface area contributed by atoms with Gasteiger partial charge in [-0.15, -0.1) is 0 Å². The van der Waals surface area contributed by atoms with Gasteiger partial charge in [-0.1, -0.05) is 0 Å². The van der Waals surface area contributed by atoms with Crippen LogP contribution in [0.15, 0.2) is 0 Å². The molecule has 0 fully saturated rings. The maximum atomic E-state index is 12.4. The van der Waals surface area contributed by atoms with E-state index in [-0.39, 0.29) is 24.3 Å². The first-order valence-electron chi connectivity index (χ1n) is 8.03. The Kier molecular flexibility index (Phi) is 10.5. The molecule has 7 nitrogen and oxygen atoms in total. The number of thioether (sulfide) groups is 1. The molecule has 0 aliphatic rings. The van der Waals surface area contributed by atoms with E-state index in [4.69, 9.17) is 9.47 Å². The Hall–Kier alpha value is -1.44. The van der Waals surface area contributed by atoms with Gasteiger partial charge in [-0.3, -0.25) is 9.59 Å². The summed E-state index contributed by atoms with van der Waals surface area (Å²) in [5.41, 5.74) is -0.637. The summed E-state index contributed by atoms with van der Waals surface area (Å²) in [6.45, 7) is 9.01. The Labute approximate surface area is 148 Å². The van der Waals surface area contributed by atoms with Crippen LogP contribution in [-0.2, 0) is 19.1 Å². The number of carbonyl (C=O) groups is 3. The van der Waals surface area contributed by atoms with Crippen LogP contribution in [0.25, 0.3) is 0 Å². The molecule has 2 atom stereocenters. The van der Waals surface area contributed by atoms with Crippen LogP contribution in [0, 0.1) is 0 Å². The molecule has 0 aromatic heterocycles. The van der Waals surface area contributed by atoms with Gasteiger partial charge < -0.3 is 20.1 Å². The standard InChI is InChI=1S/C16H30N2O5S/c1-7-22-13(19)10-11(2)17-14(20)12(8-9-24-6)18-15(21)23-16(3,4)5/h11-12H,7-10H2,1-6H3,(H,17,20)(H,18,21). The third kappa shape index (κ3) is 11.2. The van der Waals surface area contributed by atoms with Gasteiger partial charge in [0.2, 0.25) is 5.91 Å². The molecular formula is C16H30N2O5S. The fourth-order valence-electron chi connectivity index (χ4n) is 1.82. The van der Waals surface area contributed by atoms with Gasteiger partial charge in [0, 0.05) is 6.04 Å². The van der Waals surface area contributed by atoms with Crippen LogP contribution in [0.2, 0.25) is 0 Å². The number of hydrogen-bond acceptors (Lipinski definition) is 6. The molecule has 0 aliphatic heterocycles. The van der Waals surface area contributed by atoms with Gasteiger partial charge in [0.05, 0.1) is 13.0 Å². The summed E-state index contributed by atoms with van der Waals surface area (Å²) in [4.78, 5) is 35.7. The van der Waals surface area contributed by atoms with Crippen molar-refractivity contribution in [3.63, 3.8) is 0 Å². The molecule has 24 heavy (non-hydrogen) atoms. The third-order valence-electron chi connectivity index (χ3n) is 2.78. The van der Waals surface area contributed by atoms with E-state index in [1.54, 1.807) is 46.4 Å². The van der Waals surface area contributed by atoms with Crippen LogP contribution in [0.5, 0.6) is 0 Å². The average Bonchev–Trinajstić information content (AvgIpc) is 2.41. The van der Waals surface area contributed by atoms with Crippen molar-refractivity contribution in [2.75, 3.05) is 18.6 Å². The smallest absolute Gasteiger partial charge is 0.408 e. The fourth-order valence-corrected chi connectivity index (χ4v) is 2.29. The van der Waals surface area contributed by atoms with E-state index in [0.717, 1.165) is 0 Å². The van der Waals surface area contributed by atoms with Gasteiger partial charge >= 0.3 is 12.1 Å². The predicted octanol–water partition coefficient (Wildman–Crippen LogP) is 2.09. The molecule has 140 valence electrons. The van der Waals surface area contributed by atoms with Crippen molar-refractivity contribution in [2.24, 2.45) is 0 Å². The number of ether oxygens (including phenoxy) is 2. The predicted molar refractivity (Wildman–Crippen MR) is 95.0 cm³/mol. The van der Waals surface area contributed by atoms with E-state index in [1.165, 1.54) is 0 Å². The van der Waals surface area contributed by atoms with Crippen molar-refractivity contribution in [3.8, 4) is 0 Å². The maximum absolute atomic E-state index is 12.4. The zero-order valence-corrected chi connectivity index (χ0v) is 16.2. The van der Waals surface area contributed by atoms with Gasteiger partial charge in [-0.25, -0.2) is 4.79 Å². The number of hydrogen-bond donors (Lipinski definition) is 2. The number of amides is 2. The minimum Gasteiger partial charge on any atom is -0.466 e. The SMILES string of the molecule is CCOC(=O)CC(C)NC(=O)C(CCSC)NC(=O)OC(C)(C)C. The first-order valence-corrected chi connectivity index (χ1v) is 9.42. The van der Waals surface area contributed by atoms with Gasteiger partial charge in [-0.05, 0) is 53.0 Å². The molecule has 0 bridgehead atoms. The summed E-state index contributed by atoms with van der Waals surface area (Å²) in [6, 6.07) is -1.09. The number of rotatable bonds is 9. The third-order valence-corrected chi connectivity index (χ3v) is 3.43. The Morgan fingerprint density at radius 1 is 1.17 bits per heavy atom. The molecule has 0 heterocycles. The van der Waals surface area contributed by atoms with Crippen LogP contribution in [0.4, 0.5) is 4.79 Å². The van der Waals surface area contributed by atoms with Gasteiger partial charge in [0.25, 0.3) is 0 Å². The van der Waals surface area contributed by atoms with Gasteiger partial charge in [-0.2, -0.15) is 11.8 Å². The maximum Gasteiger partial charge on any atom is 0.408 e. The van der Waals surface area contributed by atoms with Crippen molar-refractivity contribution < 1.29 is 23.9 Å². The second kappa shape index (κ2) is 11.2. The first kappa shape index (κ1) is 22.6. The zero-order chi connectivity index (χ0) is 18.8. The molecule has 2 N–H and O–H groups in total. The fraction of sp³-hybridized carbons (Fsp3) is 0.812. The minimum atomic E-state index is -0.711. The van der Waals surface area contributed by atoms with Crippen LogP contribution in [-0.4, -0.2) is 54.3 Å². The second-order valence-electron chi connectivity index (χ2n) is 6.40. The highest BCUT2D eigenvalue weighted by Crippen LogP contribution is 2.08. The van der Waals surface area contributed by atoms with E-state index in [9.17, 15) is 14.4 Å². The van der Waals surface area contributed by atoms with Crippen LogP contribution >= 0.6 is 11.8 Å². The molecule has 2 unspecified atom stereocenters. The molecule has 0 saturated heterocycles. The lowest BCUT2D eigenvalue weighted by Gasteiger charge is -2.24. The Balaban J connectivity index is 4.64. The number of nitrogens with one attached hydrogen (secondary N) is 2. The second-order valence-corrected chi connectivity index (χ2v) is 7.38. The van der Waals surface area contributed by atoms with E-state index in [2.05, 4.69) is 10.6 Å². The van der Waals surface area contributed by atoms with Gasteiger partial charge in [0.15, 0.2) is 0 Å². The molecule has 0 aromatic rings. The lowest BCUT2D eigenvalue weighted by Crippen LogP contribution is -2.50. The topological polar surface area (TPSA) is 93.7 Å². The van der Waals surface area contributed by atoms with E-state index >= 15 is 0 Å². The number of alkyl carbamates (subject to hydrolysis) is 1. The summed E-state index contributed by atoms with van der Waals surface area (Å²) in [6.07, 6.45) is 1.84. The quantitative estimate of drug-likeness (QED) is 0.610. The Morgan fingerprint density at radius 2 is 1.79 bits per heavy atom. The highest BCUT2D eigenvalue weighted by Gasteiger charge is 2.25. The number of carbonyl (C=O) groups excluding carboxylic acids is 3. The molecule has 8 heteroatoms. The zero-order valence-electron chi connectivity index (χ0n) is 15.4. The van der Waals surface area contributed by atoms with Crippen molar-refractivity contribution in [2.45, 2.75) is 65.1 Å². The van der Waals surface area contributed by atoms with Crippen molar-refractivity contribution in [1.29, 1.82) is 0 Å². The van der Waals surface area contributed by atoms with Crippen LogP contribution < -0.4 is 10.6 Å². The lowest BCUT2D eigenvalue weighted by atomic mass is 10.1. The average molecular weight is 362 g/mol. The summed E-state index contributed by atoms with van der Waals surface area (Å²) in [5.74, 6) is -0.00192. The van der Waals surface area contributed by atoms with E-state index in [1.807, 2.05) is 6.26 Å². The summed E-state index contributed by atoms with van der Waals surface area (Å²) in [5, 5.41) is 5.32. The Bertz CT molecular complexity index is 423. The van der Waals surface area contributed by atoms with Crippen molar-refractivity contribution >= 4 is 29.7 Å². The van der Waals surface area contributed by atoms with Gasteiger partial charge in [0.1, 0.15) is 11.6 Å². The highest BCUT2D eigenvalue weighted by atomic mass is 32.2. The molecule has 2 amide bonds. The summed E-state index contributed by atoms with van der Waals surface area (Å²) in [7, 11) is 0. The Morgan fingerprint density at radius 3 is 2.29 bits per heavy atom. The molecule has 0 radical (unpaired) electrons. The van der Waals surface area contributed by atoms with Crippen LogP contribution in [0.3, 0.4) is 0 Å². The normalized spacial score (nSPS) is 13.6. The molecule has 0 aromatic carbocycles. The monoisotopic (exact) mass is 362 g/mol. The van der Waals surface area contributed by atoms with Crippen LogP contribution in [0.1, 0.15) is 47.5 Å². The summed E-state index contributed by atoms with van der Waals surface area (Å²) >= 11 is 1.58. The van der Waals surface area contributed by atoms with E-state index < -0.39 is 17.7 Å². The minimum absolute atomic E-state index is 0.0846. The molecular weight excluding hydrogens is 332 g/mol. The molecule has 0 aliphatic carbocycles. The first-order chi connectivity index (χ1) is 11.1. The molecule has 0 spiro atoms. The van der Waals surface area contributed by atoms with E-state index in [0.29, 0.717) is 18.8 Å².